The minimum absolute atomic E-state index is 0.113. The van der Waals surface area contributed by atoms with Gasteiger partial charge in [0.2, 0.25) is 10.0 Å². The van der Waals surface area contributed by atoms with Crippen molar-refractivity contribution < 1.29 is 13.5 Å². The molecule has 0 aliphatic carbocycles. The first-order chi connectivity index (χ1) is 9.27. The van der Waals surface area contributed by atoms with E-state index in [4.69, 9.17) is 0 Å². The van der Waals surface area contributed by atoms with Crippen LogP contribution in [0.5, 0.6) is 0 Å². The molecule has 0 amide bonds. The van der Waals surface area contributed by atoms with E-state index >= 15 is 0 Å². The minimum atomic E-state index is -3.49. The van der Waals surface area contributed by atoms with E-state index in [1.165, 1.54) is 6.07 Å². The zero-order valence-electron chi connectivity index (χ0n) is 12.8. The summed E-state index contributed by atoms with van der Waals surface area (Å²) in [5.74, 6) is 0.572. The predicted molar refractivity (Wildman–Crippen MR) is 80.0 cm³/mol. The molecule has 1 heterocycles. The number of aromatic nitrogens is 1. The lowest BCUT2D eigenvalue weighted by atomic mass is 10.1. The van der Waals surface area contributed by atoms with Crippen molar-refractivity contribution >= 4 is 10.0 Å². The molecule has 6 heteroatoms. The molecule has 0 aliphatic rings. The van der Waals surface area contributed by atoms with Crippen molar-refractivity contribution in [1.82, 2.24) is 9.29 Å². The maximum absolute atomic E-state index is 12.2. The highest BCUT2D eigenvalue weighted by Gasteiger charge is 2.18. The fourth-order valence-electron chi connectivity index (χ4n) is 2.05. The predicted octanol–water partition coefficient (Wildman–Crippen LogP) is 2.28. The lowest BCUT2D eigenvalue weighted by Crippen LogP contribution is -2.24. The van der Waals surface area contributed by atoms with Gasteiger partial charge in [0.15, 0.2) is 0 Å². The number of sulfonamides is 1. The van der Waals surface area contributed by atoms with E-state index in [-0.39, 0.29) is 17.5 Å². The van der Waals surface area contributed by atoms with Gasteiger partial charge in [-0.15, -0.1) is 0 Å². The van der Waals surface area contributed by atoms with Crippen LogP contribution in [0, 0.1) is 5.92 Å². The zero-order valence-corrected chi connectivity index (χ0v) is 13.6. The fourth-order valence-corrected chi connectivity index (χ4v) is 3.17. The second kappa shape index (κ2) is 7.24. The molecule has 0 radical (unpaired) electrons. The molecule has 0 fully saturated rings. The number of hydrogen-bond acceptors (Lipinski definition) is 3. The van der Waals surface area contributed by atoms with Crippen LogP contribution in [-0.4, -0.2) is 24.6 Å². The monoisotopic (exact) mass is 302 g/mol. The molecule has 0 aliphatic heterocycles. The van der Waals surface area contributed by atoms with E-state index in [1.807, 2.05) is 13.8 Å². The molecular formula is C14H26N2O3S. The summed E-state index contributed by atoms with van der Waals surface area (Å²) in [7, 11) is -3.49. The van der Waals surface area contributed by atoms with Crippen LogP contribution < -0.4 is 4.72 Å². The second-order valence-electron chi connectivity index (χ2n) is 5.76. The summed E-state index contributed by atoms with van der Waals surface area (Å²) >= 11 is 0. The summed E-state index contributed by atoms with van der Waals surface area (Å²) < 4.78 is 28.7. The lowest BCUT2D eigenvalue weighted by molar-refractivity contribution is 0.268. The fraction of sp³-hybridized carbons (Fsp3) is 0.714. The Bertz CT molecular complexity index is 519. The van der Waals surface area contributed by atoms with Crippen LogP contribution >= 0.6 is 0 Å². The van der Waals surface area contributed by atoms with Gasteiger partial charge in [-0.3, -0.25) is 0 Å². The van der Waals surface area contributed by atoms with Crippen LogP contribution in [0.25, 0.3) is 0 Å². The summed E-state index contributed by atoms with van der Waals surface area (Å²) in [6, 6.07) is 1.65. The number of aliphatic hydroxyl groups is 1. The average molecular weight is 302 g/mol. The van der Waals surface area contributed by atoms with Gasteiger partial charge in [0.05, 0.1) is 11.5 Å². The number of rotatable bonds is 8. The van der Waals surface area contributed by atoms with E-state index in [2.05, 4.69) is 18.6 Å². The van der Waals surface area contributed by atoms with Crippen molar-refractivity contribution in [3.8, 4) is 0 Å². The normalized spacial score (nSPS) is 12.6. The topological polar surface area (TPSA) is 71.3 Å². The molecule has 1 aromatic rings. The van der Waals surface area contributed by atoms with Crippen LogP contribution in [0.2, 0.25) is 0 Å². The molecular weight excluding hydrogens is 276 g/mol. The van der Waals surface area contributed by atoms with Crippen molar-refractivity contribution in [2.45, 2.75) is 58.1 Å². The Morgan fingerprint density at radius 3 is 2.40 bits per heavy atom. The molecule has 0 aromatic carbocycles. The van der Waals surface area contributed by atoms with Crippen molar-refractivity contribution in [1.29, 1.82) is 0 Å². The average Bonchev–Trinajstić information content (AvgIpc) is 2.79. The molecule has 0 spiro atoms. The first-order valence-electron chi connectivity index (χ1n) is 7.09. The van der Waals surface area contributed by atoms with Gasteiger partial charge in [0.1, 0.15) is 0 Å². The number of nitrogens with one attached hydrogen (secondary N) is 1. The van der Waals surface area contributed by atoms with Crippen molar-refractivity contribution in [3.63, 3.8) is 0 Å². The lowest BCUT2D eigenvalue weighted by Gasteiger charge is -2.10. The van der Waals surface area contributed by atoms with Gasteiger partial charge < -0.3 is 9.67 Å². The third-order valence-electron chi connectivity index (χ3n) is 3.19. The highest BCUT2D eigenvalue weighted by molar-refractivity contribution is 7.89. The van der Waals surface area contributed by atoms with E-state index in [0.29, 0.717) is 18.2 Å². The molecule has 0 saturated carbocycles. The van der Waals surface area contributed by atoms with Crippen molar-refractivity contribution in [2.75, 3.05) is 6.54 Å². The molecule has 2 N–H and O–H groups in total. The Labute approximate surface area is 122 Å². The van der Waals surface area contributed by atoms with Gasteiger partial charge >= 0.3 is 0 Å². The van der Waals surface area contributed by atoms with Crippen LogP contribution in [0.4, 0.5) is 0 Å². The Hall–Kier alpha value is -0.850. The number of nitrogens with zero attached hydrogens (tertiary/aromatic N) is 1. The third kappa shape index (κ3) is 4.61. The summed E-state index contributed by atoms with van der Waals surface area (Å²) in [6.45, 7) is 8.41. The molecule has 0 bridgehead atoms. The maximum Gasteiger partial charge on any atom is 0.242 e. The van der Waals surface area contributed by atoms with E-state index < -0.39 is 10.0 Å². The Kier molecular flexibility index (Phi) is 6.23. The van der Waals surface area contributed by atoms with E-state index in [0.717, 1.165) is 12.8 Å². The van der Waals surface area contributed by atoms with Crippen LogP contribution in [-0.2, 0) is 16.6 Å². The quantitative estimate of drug-likeness (QED) is 0.724. The molecule has 116 valence electrons. The van der Waals surface area contributed by atoms with Gasteiger partial charge in [-0.25, -0.2) is 13.1 Å². The van der Waals surface area contributed by atoms with Gasteiger partial charge in [0.25, 0.3) is 0 Å². The Morgan fingerprint density at radius 1 is 1.30 bits per heavy atom. The highest BCUT2D eigenvalue weighted by atomic mass is 32.2. The minimum Gasteiger partial charge on any atom is -0.390 e. The van der Waals surface area contributed by atoms with Crippen molar-refractivity contribution in [2.24, 2.45) is 5.92 Å². The maximum atomic E-state index is 12.2. The zero-order chi connectivity index (χ0) is 15.3. The highest BCUT2D eigenvalue weighted by Crippen LogP contribution is 2.19. The summed E-state index contributed by atoms with van der Waals surface area (Å²) in [5, 5.41) is 9.29. The Morgan fingerprint density at radius 2 is 1.95 bits per heavy atom. The molecule has 20 heavy (non-hydrogen) atoms. The standard InChI is InChI=1S/C14H26N2O3S/c1-11(2)6-5-7-15-20(18,19)14-8-13(10-17)16(9-14)12(3)4/h8-9,11-12,15,17H,5-7,10H2,1-4H3. The molecule has 1 aromatic heterocycles. The molecule has 0 atom stereocenters. The van der Waals surface area contributed by atoms with Crippen molar-refractivity contribution in [3.05, 3.63) is 18.0 Å². The summed E-state index contributed by atoms with van der Waals surface area (Å²) in [6.07, 6.45) is 3.41. The van der Waals surface area contributed by atoms with Crippen LogP contribution in [0.3, 0.4) is 0 Å². The van der Waals surface area contributed by atoms with E-state index in [9.17, 15) is 13.5 Å². The smallest absolute Gasteiger partial charge is 0.242 e. The van der Waals surface area contributed by atoms with E-state index in [1.54, 1.807) is 10.8 Å². The number of aliphatic hydroxyl groups excluding tert-OH is 1. The second-order valence-corrected chi connectivity index (χ2v) is 7.53. The first-order valence-corrected chi connectivity index (χ1v) is 8.57. The van der Waals surface area contributed by atoms with Crippen LogP contribution in [0.1, 0.15) is 52.3 Å². The Balaban J connectivity index is 2.77. The van der Waals surface area contributed by atoms with Gasteiger partial charge in [-0.2, -0.15) is 0 Å². The molecule has 0 unspecified atom stereocenters. The van der Waals surface area contributed by atoms with Gasteiger partial charge in [-0.05, 0) is 38.7 Å². The first kappa shape index (κ1) is 17.2. The van der Waals surface area contributed by atoms with Gasteiger partial charge in [0, 0.05) is 24.5 Å². The third-order valence-corrected chi connectivity index (χ3v) is 4.61. The molecule has 1 rings (SSSR count). The SMILES string of the molecule is CC(C)CCCNS(=O)(=O)c1cc(CO)n(C(C)C)c1. The summed E-state index contributed by atoms with van der Waals surface area (Å²) in [5.41, 5.74) is 0.613. The summed E-state index contributed by atoms with van der Waals surface area (Å²) in [4.78, 5) is 0.222. The molecule has 0 saturated heterocycles. The number of hydrogen-bond donors (Lipinski definition) is 2. The van der Waals surface area contributed by atoms with Crippen LogP contribution in [0.15, 0.2) is 17.2 Å². The largest absolute Gasteiger partial charge is 0.390 e. The van der Waals surface area contributed by atoms with Gasteiger partial charge in [-0.1, -0.05) is 13.8 Å². The molecule has 5 nitrogen and oxygen atoms in total.